The van der Waals surface area contributed by atoms with E-state index in [0.29, 0.717) is 32.2 Å². The van der Waals surface area contributed by atoms with Gasteiger partial charge in [0.25, 0.3) is 5.56 Å². The van der Waals surface area contributed by atoms with E-state index in [2.05, 4.69) is 9.71 Å². The molecule has 2 heterocycles. The molecule has 9 nitrogen and oxygen atoms in total. The highest BCUT2D eigenvalue weighted by atomic mass is 32.2. The van der Waals surface area contributed by atoms with Crippen molar-refractivity contribution in [3.05, 3.63) is 27.0 Å². The number of ether oxygens (including phenoxy) is 2. The normalized spacial score (nSPS) is 25.3. The van der Waals surface area contributed by atoms with Crippen molar-refractivity contribution < 1.29 is 17.9 Å². The lowest BCUT2D eigenvalue weighted by Crippen LogP contribution is -2.51. The van der Waals surface area contributed by atoms with Crippen molar-refractivity contribution in [2.45, 2.75) is 42.7 Å². The molecule has 1 aromatic heterocycles. The Bertz CT molecular complexity index is 782. The first-order valence-corrected chi connectivity index (χ1v) is 9.48. The van der Waals surface area contributed by atoms with Gasteiger partial charge in [-0.2, -0.15) is 0 Å². The summed E-state index contributed by atoms with van der Waals surface area (Å²) in [6, 6.07) is -0.477. The number of sulfonamides is 1. The van der Waals surface area contributed by atoms with Gasteiger partial charge in [-0.25, -0.2) is 17.9 Å². The van der Waals surface area contributed by atoms with Gasteiger partial charge >= 0.3 is 5.69 Å². The van der Waals surface area contributed by atoms with Crippen molar-refractivity contribution in [3.8, 4) is 0 Å². The quantitative estimate of drug-likeness (QED) is 0.617. The van der Waals surface area contributed by atoms with Crippen LogP contribution in [-0.4, -0.2) is 50.4 Å². The Morgan fingerprint density at radius 3 is 2.75 bits per heavy atom. The lowest BCUT2D eigenvalue weighted by atomic mass is 9.86. The first-order chi connectivity index (χ1) is 11.5. The molecular formula is C14H21N3O6S. The summed E-state index contributed by atoms with van der Waals surface area (Å²) in [4.78, 5) is 26.3. The van der Waals surface area contributed by atoms with Gasteiger partial charge in [-0.15, -0.1) is 0 Å². The summed E-state index contributed by atoms with van der Waals surface area (Å²) in [6.07, 6.45) is 4.44. The zero-order valence-corrected chi connectivity index (χ0v) is 13.9. The van der Waals surface area contributed by atoms with Gasteiger partial charge in [0.05, 0.1) is 18.8 Å². The summed E-state index contributed by atoms with van der Waals surface area (Å²) in [5.74, 6) is 0.534. The second-order valence-electron chi connectivity index (χ2n) is 6.20. The van der Waals surface area contributed by atoms with E-state index in [1.54, 1.807) is 0 Å². The Morgan fingerprint density at radius 1 is 1.29 bits per heavy atom. The maximum Gasteiger partial charge on any atom is 0.325 e. The maximum atomic E-state index is 12.4. The van der Waals surface area contributed by atoms with Crippen LogP contribution in [0.2, 0.25) is 0 Å². The summed E-state index contributed by atoms with van der Waals surface area (Å²) in [5, 5.41) is 0. The van der Waals surface area contributed by atoms with Crippen LogP contribution in [0.3, 0.4) is 0 Å². The molecule has 1 aliphatic heterocycles. The highest BCUT2D eigenvalue weighted by molar-refractivity contribution is 7.89. The molecule has 0 amide bonds. The monoisotopic (exact) mass is 359 g/mol. The van der Waals surface area contributed by atoms with Crippen LogP contribution in [0.15, 0.2) is 20.7 Å². The second kappa shape index (κ2) is 7.18. The fraction of sp³-hybridized carbons (Fsp3) is 0.714. The van der Waals surface area contributed by atoms with Crippen LogP contribution < -0.4 is 16.0 Å². The van der Waals surface area contributed by atoms with E-state index < -0.39 is 38.3 Å². The minimum absolute atomic E-state index is 0.307. The summed E-state index contributed by atoms with van der Waals surface area (Å²) >= 11 is 0. The standard InChI is InChI=1S/C14H21N3O6S/c18-13-12(6-15-14(19)16-13)24(20,21)17-10-4-5-22-8-11(10)23-7-9-2-1-3-9/h6,9-11,17H,1-5,7-8H2,(H2,15,16,18,19)/t10-,11-/m1/s1. The van der Waals surface area contributed by atoms with Crippen LogP contribution in [-0.2, 0) is 19.5 Å². The number of hydrogen-bond donors (Lipinski definition) is 3. The lowest BCUT2D eigenvalue weighted by Gasteiger charge is -2.34. The van der Waals surface area contributed by atoms with Crippen molar-refractivity contribution in [1.29, 1.82) is 0 Å². The molecule has 3 rings (SSSR count). The zero-order chi connectivity index (χ0) is 17.2. The third-order valence-corrected chi connectivity index (χ3v) is 5.95. The molecule has 0 radical (unpaired) electrons. The SMILES string of the molecule is O=c1[nH]cc(S(=O)(=O)N[C@@H]2CCOC[C@H]2OCC2CCC2)c(=O)[nH]1. The van der Waals surface area contributed by atoms with Crippen molar-refractivity contribution in [2.24, 2.45) is 5.92 Å². The highest BCUT2D eigenvalue weighted by Gasteiger charge is 2.33. The smallest absolute Gasteiger partial charge is 0.325 e. The Morgan fingerprint density at radius 2 is 2.08 bits per heavy atom. The molecule has 0 spiro atoms. The van der Waals surface area contributed by atoms with E-state index in [1.165, 1.54) is 6.42 Å². The maximum absolute atomic E-state index is 12.4. The van der Waals surface area contributed by atoms with E-state index in [0.717, 1.165) is 19.0 Å². The Balaban J connectivity index is 1.70. The minimum atomic E-state index is -4.07. The fourth-order valence-electron chi connectivity index (χ4n) is 2.79. The molecule has 1 saturated heterocycles. The number of H-pyrrole nitrogens is 2. The number of aromatic nitrogens is 2. The van der Waals surface area contributed by atoms with E-state index in [1.807, 2.05) is 4.98 Å². The van der Waals surface area contributed by atoms with Crippen molar-refractivity contribution in [3.63, 3.8) is 0 Å². The van der Waals surface area contributed by atoms with Gasteiger partial charge in [0.1, 0.15) is 0 Å². The van der Waals surface area contributed by atoms with Crippen LogP contribution in [0.1, 0.15) is 25.7 Å². The van der Waals surface area contributed by atoms with Gasteiger partial charge in [0.2, 0.25) is 10.0 Å². The summed E-state index contributed by atoms with van der Waals surface area (Å²) in [5.41, 5.74) is -1.71. The molecule has 1 saturated carbocycles. The Labute approximate surface area is 138 Å². The van der Waals surface area contributed by atoms with E-state index >= 15 is 0 Å². The first-order valence-electron chi connectivity index (χ1n) is 7.99. The molecule has 1 aromatic rings. The molecule has 2 aliphatic rings. The average Bonchev–Trinajstić information content (AvgIpc) is 2.46. The molecule has 134 valence electrons. The molecular weight excluding hydrogens is 338 g/mol. The molecule has 2 fully saturated rings. The van der Waals surface area contributed by atoms with Crippen LogP contribution >= 0.6 is 0 Å². The topological polar surface area (TPSA) is 130 Å². The average molecular weight is 359 g/mol. The van der Waals surface area contributed by atoms with Crippen LogP contribution in [0.5, 0.6) is 0 Å². The molecule has 0 bridgehead atoms. The molecule has 0 aromatic carbocycles. The predicted molar refractivity (Wildman–Crippen MR) is 84.3 cm³/mol. The number of nitrogens with one attached hydrogen (secondary N) is 3. The third kappa shape index (κ3) is 3.94. The largest absolute Gasteiger partial charge is 0.379 e. The van der Waals surface area contributed by atoms with Gasteiger partial charge in [-0.3, -0.25) is 9.78 Å². The van der Waals surface area contributed by atoms with E-state index in [-0.39, 0.29) is 0 Å². The molecule has 24 heavy (non-hydrogen) atoms. The van der Waals surface area contributed by atoms with E-state index in [9.17, 15) is 18.0 Å². The molecule has 3 N–H and O–H groups in total. The Kier molecular flexibility index (Phi) is 5.18. The summed E-state index contributed by atoms with van der Waals surface area (Å²) in [6.45, 7) is 1.31. The van der Waals surface area contributed by atoms with Gasteiger partial charge in [0.15, 0.2) is 4.90 Å². The number of aromatic amines is 2. The predicted octanol–water partition coefficient (Wildman–Crippen LogP) is -0.684. The molecule has 10 heteroatoms. The van der Waals surface area contributed by atoms with Crippen molar-refractivity contribution >= 4 is 10.0 Å². The molecule has 2 atom stereocenters. The van der Waals surface area contributed by atoms with Crippen LogP contribution in [0, 0.1) is 5.92 Å². The van der Waals surface area contributed by atoms with Gasteiger partial charge in [-0.05, 0) is 25.2 Å². The zero-order valence-electron chi connectivity index (χ0n) is 13.1. The fourth-order valence-corrected chi connectivity index (χ4v) is 4.09. The van der Waals surface area contributed by atoms with E-state index in [4.69, 9.17) is 9.47 Å². The van der Waals surface area contributed by atoms with Crippen LogP contribution in [0.25, 0.3) is 0 Å². The molecule has 0 unspecified atom stereocenters. The van der Waals surface area contributed by atoms with Gasteiger partial charge < -0.3 is 14.5 Å². The highest BCUT2D eigenvalue weighted by Crippen LogP contribution is 2.27. The van der Waals surface area contributed by atoms with Crippen molar-refractivity contribution in [2.75, 3.05) is 19.8 Å². The minimum Gasteiger partial charge on any atom is -0.379 e. The Hall–Kier alpha value is -1.49. The van der Waals surface area contributed by atoms with Gasteiger partial charge in [0, 0.05) is 19.4 Å². The third-order valence-electron chi connectivity index (χ3n) is 4.46. The first kappa shape index (κ1) is 17.3. The van der Waals surface area contributed by atoms with Crippen LogP contribution in [0.4, 0.5) is 0 Å². The lowest BCUT2D eigenvalue weighted by molar-refractivity contribution is -0.0797. The number of rotatable bonds is 6. The summed E-state index contributed by atoms with van der Waals surface area (Å²) in [7, 11) is -4.07. The van der Waals surface area contributed by atoms with Crippen molar-refractivity contribution in [1.82, 2.24) is 14.7 Å². The second-order valence-corrected chi connectivity index (χ2v) is 7.88. The van der Waals surface area contributed by atoms with Gasteiger partial charge in [-0.1, -0.05) is 6.42 Å². The number of hydrogen-bond acceptors (Lipinski definition) is 6. The summed E-state index contributed by atoms with van der Waals surface area (Å²) < 4.78 is 38.6. The molecule has 1 aliphatic carbocycles.